The van der Waals surface area contributed by atoms with Gasteiger partial charge in [0.25, 0.3) is 0 Å². The first-order valence-corrected chi connectivity index (χ1v) is 12.3. The van der Waals surface area contributed by atoms with E-state index in [9.17, 15) is 4.39 Å². The number of unbranched alkanes of at least 4 members (excludes halogenated alkanes) is 6. The topological polar surface area (TPSA) is 35.0 Å². The molecular formula is C27H41FN2O. The first kappa shape index (κ1) is 25.3. The van der Waals surface area contributed by atoms with Crippen LogP contribution in [0.3, 0.4) is 0 Å². The molecule has 0 fully saturated rings. The molecule has 1 heterocycles. The van der Waals surface area contributed by atoms with Crippen LogP contribution in [-0.4, -0.2) is 22.7 Å². The van der Waals surface area contributed by atoms with Gasteiger partial charge in [-0.15, -0.1) is 0 Å². The van der Waals surface area contributed by atoms with Crippen LogP contribution in [0.15, 0.2) is 36.7 Å². The molecule has 0 N–H and O–H groups in total. The lowest BCUT2D eigenvalue weighted by molar-refractivity contribution is 0.167. The van der Waals surface area contributed by atoms with E-state index in [1.54, 1.807) is 12.4 Å². The molecular weight excluding hydrogens is 387 g/mol. The summed E-state index contributed by atoms with van der Waals surface area (Å²) in [7, 11) is 0. The van der Waals surface area contributed by atoms with Crippen LogP contribution >= 0.6 is 0 Å². The van der Waals surface area contributed by atoms with E-state index in [0.29, 0.717) is 23.9 Å². The lowest BCUT2D eigenvalue weighted by Crippen LogP contribution is -2.16. The van der Waals surface area contributed by atoms with Crippen molar-refractivity contribution in [1.29, 1.82) is 0 Å². The van der Waals surface area contributed by atoms with Crippen molar-refractivity contribution in [3.63, 3.8) is 0 Å². The first-order chi connectivity index (χ1) is 15.1. The number of rotatable bonds is 16. The van der Waals surface area contributed by atoms with Gasteiger partial charge in [0.2, 0.25) is 0 Å². The minimum atomic E-state index is -0.953. The molecule has 0 amide bonds. The molecule has 0 spiro atoms. The maximum atomic E-state index is 14.1. The van der Waals surface area contributed by atoms with Crippen molar-refractivity contribution in [3.05, 3.63) is 42.2 Å². The summed E-state index contributed by atoms with van der Waals surface area (Å²) < 4.78 is 19.7. The lowest BCUT2D eigenvalue weighted by Gasteiger charge is -2.15. The van der Waals surface area contributed by atoms with Crippen molar-refractivity contribution >= 4 is 0 Å². The Kier molecular flexibility index (Phi) is 12.2. The smallest absolute Gasteiger partial charge is 0.159 e. The lowest BCUT2D eigenvalue weighted by atomic mass is 9.98. The molecule has 1 aromatic heterocycles. The van der Waals surface area contributed by atoms with Gasteiger partial charge in [0.05, 0.1) is 12.4 Å². The quantitative estimate of drug-likeness (QED) is 0.254. The van der Waals surface area contributed by atoms with E-state index in [-0.39, 0.29) is 6.61 Å². The van der Waals surface area contributed by atoms with Crippen LogP contribution in [0.1, 0.15) is 90.5 Å². The predicted octanol–water partition coefficient (Wildman–Crippen LogP) is 7.98. The van der Waals surface area contributed by atoms with E-state index in [4.69, 9.17) is 4.74 Å². The molecule has 3 nitrogen and oxygen atoms in total. The van der Waals surface area contributed by atoms with Crippen LogP contribution in [-0.2, 0) is 6.42 Å². The summed E-state index contributed by atoms with van der Waals surface area (Å²) >= 11 is 0. The molecule has 1 aromatic carbocycles. The number of halogens is 1. The third-order valence-electron chi connectivity index (χ3n) is 5.80. The highest BCUT2D eigenvalue weighted by Crippen LogP contribution is 2.20. The largest absolute Gasteiger partial charge is 0.487 e. The number of hydrogen-bond donors (Lipinski definition) is 0. The van der Waals surface area contributed by atoms with Crippen molar-refractivity contribution in [1.82, 2.24) is 9.97 Å². The van der Waals surface area contributed by atoms with E-state index in [1.165, 1.54) is 44.1 Å². The van der Waals surface area contributed by atoms with Crippen LogP contribution in [0.5, 0.6) is 5.75 Å². The maximum Gasteiger partial charge on any atom is 0.159 e. The third-order valence-corrected chi connectivity index (χ3v) is 5.80. The molecule has 0 saturated heterocycles. The molecule has 0 aliphatic carbocycles. The monoisotopic (exact) mass is 428 g/mol. The Balaban J connectivity index is 1.74. The predicted molar refractivity (Wildman–Crippen MR) is 128 cm³/mol. The van der Waals surface area contributed by atoms with Crippen molar-refractivity contribution in [2.24, 2.45) is 5.92 Å². The van der Waals surface area contributed by atoms with Crippen LogP contribution < -0.4 is 4.74 Å². The van der Waals surface area contributed by atoms with Crippen molar-refractivity contribution in [2.75, 3.05) is 6.61 Å². The Labute approximate surface area is 188 Å². The number of benzene rings is 1. The fourth-order valence-electron chi connectivity index (χ4n) is 3.83. The van der Waals surface area contributed by atoms with Gasteiger partial charge >= 0.3 is 0 Å². The van der Waals surface area contributed by atoms with Crippen LogP contribution in [0.2, 0.25) is 0 Å². The highest BCUT2D eigenvalue weighted by molar-refractivity contribution is 5.55. The van der Waals surface area contributed by atoms with Crippen LogP contribution in [0.25, 0.3) is 11.4 Å². The summed E-state index contributed by atoms with van der Waals surface area (Å²) in [5.74, 6) is 1.58. The number of alkyl halides is 1. The Morgan fingerprint density at radius 2 is 1.52 bits per heavy atom. The van der Waals surface area contributed by atoms with Gasteiger partial charge in [-0.25, -0.2) is 14.4 Å². The summed E-state index contributed by atoms with van der Waals surface area (Å²) in [6, 6.07) is 8.50. The van der Waals surface area contributed by atoms with Crippen molar-refractivity contribution < 1.29 is 9.13 Å². The summed E-state index contributed by atoms with van der Waals surface area (Å²) in [4.78, 5) is 8.81. The van der Waals surface area contributed by atoms with E-state index >= 15 is 0 Å². The van der Waals surface area contributed by atoms with Gasteiger partial charge in [-0.1, -0.05) is 96.4 Å². The first-order valence-electron chi connectivity index (χ1n) is 12.3. The average Bonchev–Trinajstić information content (AvgIpc) is 2.79. The highest BCUT2D eigenvalue weighted by Gasteiger charge is 2.13. The normalized spacial score (nSPS) is 13.2. The number of nitrogens with zero attached hydrogens (tertiary/aromatic N) is 2. The Morgan fingerprint density at radius 3 is 2.19 bits per heavy atom. The average molecular weight is 429 g/mol. The van der Waals surface area contributed by atoms with E-state index in [1.807, 2.05) is 0 Å². The summed E-state index contributed by atoms with van der Waals surface area (Å²) in [5, 5.41) is 0. The molecule has 4 heteroatoms. The SMILES string of the molecule is CCCCCCCCc1ccc(-c2ncc(OCC(F)CC(C)CCCC)cn2)cc1. The highest BCUT2D eigenvalue weighted by atomic mass is 19.1. The summed E-state index contributed by atoms with van der Waals surface area (Å²) in [6.45, 7) is 6.59. The Morgan fingerprint density at radius 1 is 0.871 bits per heavy atom. The molecule has 0 radical (unpaired) electrons. The van der Waals surface area contributed by atoms with Crippen molar-refractivity contribution in [2.45, 2.75) is 97.6 Å². The van der Waals surface area contributed by atoms with Gasteiger partial charge in [-0.2, -0.15) is 0 Å². The van der Waals surface area contributed by atoms with E-state index in [0.717, 1.165) is 31.2 Å². The van der Waals surface area contributed by atoms with Crippen molar-refractivity contribution in [3.8, 4) is 17.1 Å². The minimum absolute atomic E-state index is 0.0618. The van der Waals surface area contributed by atoms with E-state index in [2.05, 4.69) is 55.0 Å². The molecule has 0 bridgehead atoms. The standard InChI is InChI=1S/C27H41FN2O/c1-4-6-8-9-10-11-13-23-14-16-24(17-15-23)27-29-19-26(20-30-27)31-21-25(28)18-22(3)12-7-5-2/h14-17,19-20,22,25H,4-13,18,21H2,1-3H3. The second-order valence-electron chi connectivity index (χ2n) is 8.85. The zero-order valence-electron chi connectivity index (χ0n) is 19.8. The number of aromatic nitrogens is 2. The minimum Gasteiger partial charge on any atom is -0.487 e. The molecule has 172 valence electrons. The molecule has 2 aromatic rings. The fourth-order valence-corrected chi connectivity index (χ4v) is 3.83. The second kappa shape index (κ2) is 14.9. The van der Waals surface area contributed by atoms with Crippen LogP contribution in [0, 0.1) is 5.92 Å². The van der Waals surface area contributed by atoms with Gasteiger partial charge in [-0.3, -0.25) is 0 Å². The zero-order chi connectivity index (χ0) is 22.3. The number of ether oxygens (including phenoxy) is 1. The molecule has 0 aliphatic heterocycles. The molecule has 0 aliphatic rings. The zero-order valence-corrected chi connectivity index (χ0v) is 19.8. The Hall–Kier alpha value is -1.97. The van der Waals surface area contributed by atoms with Crippen LogP contribution in [0.4, 0.5) is 4.39 Å². The van der Waals surface area contributed by atoms with E-state index < -0.39 is 6.17 Å². The molecule has 2 atom stereocenters. The number of hydrogen-bond acceptors (Lipinski definition) is 3. The van der Waals surface area contributed by atoms with Gasteiger partial charge in [0, 0.05) is 5.56 Å². The number of aryl methyl sites for hydroxylation is 1. The second-order valence-corrected chi connectivity index (χ2v) is 8.85. The molecule has 2 unspecified atom stereocenters. The summed E-state index contributed by atoms with van der Waals surface area (Å²) in [5.41, 5.74) is 2.35. The third kappa shape index (κ3) is 10.3. The molecule has 2 rings (SSSR count). The molecule has 31 heavy (non-hydrogen) atoms. The van der Waals surface area contributed by atoms with Gasteiger partial charge in [0.15, 0.2) is 11.6 Å². The fraction of sp³-hybridized carbons (Fsp3) is 0.630. The molecule has 0 saturated carbocycles. The van der Waals surface area contributed by atoms with Gasteiger partial charge in [0.1, 0.15) is 12.8 Å². The van der Waals surface area contributed by atoms with Gasteiger partial charge in [-0.05, 0) is 30.7 Å². The summed E-state index contributed by atoms with van der Waals surface area (Å²) in [6.07, 6.45) is 15.3. The van der Waals surface area contributed by atoms with Gasteiger partial charge < -0.3 is 4.74 Å². The Bertz CT molecular complexity index is 702. The maximum absolute atomic E-state index is 14.1.